The molecule has 9 nitrogen and oxygen atoms in total. The quantitative estimate of drug-likeness (QED) is 0.0211. The monoisotopic (exact) mass is 1020 g/mol. The predicted octanol–water partition coefficient (Wildman–Crippen LogP) is 18.3. The van der Waals surface area contributed by atoms with E-state index in [1.807, 2.05) is 21.1 Å². The molecule has 0 saturated heterocycles. The second-order valence-corrected chi connectivity index (χ2v) is 22.5. The minimum absolute atomic E-state index is 0.0309. The van der Waals surface area contributed by atoms with E-state index in [2.05, 4.69) is 74.6 Å². The number of carbonyl (C=O) groups is 2. The maximum atomic E-state index is 12.8. The second kappa shape index (κ2) is 52.6. The Morgan fingerprint density at radius 1 is 0.451 bits per heavy atom. The van der Waals surface area contributed by atoms with E-state index >= 15 is 0 Å². The van der Waals surface area contributed by atoms with Crippen LogP contribution < -0.4 is 0 Å². The molecule has 0 heterocycles. The largest absolute Gasteiger partial charge is 0.472 e. The fourth-order valence-electron chi connectivity index (χ4n) is 8.28. The molecule has 2 unspecified atom stereocenters. The van der Waals surface area contributed by atoms with Gasteiger partial charge in [0.1, 0.15) is 19.8 Å². The molecule has 0 bridgehead atoms. The highest BCUT2D eigenvalue weighted by atomic mass is 31.2. The summed E-state index contributed by atoms with van der Waals surface area (Å²) in [5.41, 5.74) is 0. The molecule has 0 saturated carbocycles. The van der Waals surface area contributed by atoms with Crippen LogP contribution in [-0.4, -0.2) is 74.9 Å². The number of quaternary nitrogens is 1. The third-order valence-electron chi connectivity index (χ3n) is 12.8. The lowest BCUT2D eigenvalue weighted by molar-refractivity contribution is -0.870. The Hall–Kier alpha value is -2.29. The first-order valence-corrected chi connectivity index (χ1v) is 31.0. The highest BCUT2D eigenvalue weighted by Crippen LogP contribution is 2.43. The van der Waals surface area contributed by atoms with Crippen LogP contribution in [0.2, 0.25) is 0 Å². The van der Waals surface area contributed by atoms with Crippen molar-refractivity contribution in [3.05, 3.63) is 60.8 Å². The Balaban J connectivity index is 4.15. The molecule has 0 fully saturated rings. The Bertz CT molecular complexity index is 1380. The number of phosphoric ester groups is 1. The summed E-state index contributed by atoms with van der Waals surface area (Å²) < 4.78 is 34.6. The van der Waals surface area contributed by atoms with Gasteiger partial charge in [-0.2, -0.15) is 0 Å². The number of unbranched alkanes of at least 4 members (excludes halogenated alkanes) is 30. The van der Waals surface area contributed by atoms with Gasteiger partial charge in [0.2, 0.25) is 0 Å². The molecule has 71 heavy (non-hydrogen) atoms. The fraction of sp³-hybridized carbons (Fsp3) is 0.803. The van der Waals surface area contributed by atoms with Gasteiger partial charge in [-0.1, -0.05) is 254 Å². The summed E-state index contributed by atoms with van der Waals surface area (Å²) in [5, 5.41) is 0. The lowest BCUT2D eigenvalue weighted by atomic mass is 10.0. The van der Waals surface area contributed by atoms with E-state index in [-0.39, 0.29) is 25.6 Å². The zero-order valence-corrected chi connectivity index (χ0v) is 47.9. The van der Waals surface area contributed by atoms with E-state index in [0.29, 0.717) is 23.9 Å². The summed E-state index contributed by atoms with van der Waals surface area (Å²) in [4.78, 5) is 35.7. The van der Waals surface area contributed by atoms with Crippen molar-refractivity contribution in [3.63, 3.8) is 0 Å². The number of allylic oxidation sites excluding steroid dienone is 10. The molecule has 10 heteroatoms. The van der Waals surface area contributed by atoms with E-state index in [0.717, 1.165) is 70.6 Å². The van der Waals surface area contributed by atoms with Crippen LogP contribution in [0.5, 0.6) is 0 Å². The third kappa shape index (κ3) is 56.9. The van der Waals surface area contributed by atoms with Gasteiger partial charge < -0.3 is 18.9 Å². The topological polar surface area (TPSA) is 108 Å². The molecule has 1 N–H and O–H groups in total. The summed E-state index contributed by atoms with van der Waals surface area (Å²) in [7, 11) is 1.48. The van der Waals surface area contributed by atoms with Crippen molar-refractivity contribution in [2.75, 3.05) is 47.5 Å². The van der Waals surface area contributed by atoms with Gasteiger partial charge in [0.05, 0.1) is 27.7 Å². The van der Waals surface area contributed by atoms with Crippen LogP contribution in [-0.2, 0) is 32.7 Å². The number of carbonyl (C=O) groups excluding carboxylic acids is 2. The molecule has 0 aromatic heterocycles. The molecule has 0 spiro atoms. The standard InChI is InChI=1S/C61H112NO8P/c1-6-8-10-12-14-16-18-20-22-24-26-28-29-30-31-32-33-34-36-38-40-42-44-46-48-50-52-54-61(64)70-59(58-69-71(65,66)68-56-55-62(3,4)5)57-67-60(63)53-51-49-47-45-43-41-39-37-35-27-25-23-21-19-17-15-13-11-9-7-2/h8,10,14,16,20,22,26,28,30-31,59H,6-7,9,11-13,15,17-19,21,23-25,27,29,32-58H2,1-5H3/p+1/b10-8-,16-14-,22-20-,28-26-,31-30-. The predicted molar refractivity (Wildman–Crippen MR) is 303 cm³/mol. The van der Waals surface area contributed by atoms with Crippen molar-refractivity contribution in [1.82, 2.24) is 0 Å². The van der Waals surface area contributed by atoms with Crippen molar-refractivity contribution in [3.8, 4) is 0 Å². The Kier molecular flexibility index (Phi) is 50.9. The summed E-state index contributed by atoms with van der Waals surface area (Å²) in [5.74, 6) is -0.791. The molecule has 0 aliphatic carbocycles. The molecule has 0 aromatic carbocycles. The van der Waals surface area contributed by atoms with Crippen LogP contribution in [0.4, 0.5) is 0 Å². The molecule has 2 atom stereocenters. The zero-order chi connectivity index (χ0) is 52.0. The zero-order valence-electron chi connectivity index (χ0n) is 47.0. The molecule has 0 aromatic rings. The average molecular weight is 1020 g/mol. The number of hydrogen-bond donors (Lipinski definition) is 1. The molecule has 0 rings (SSSR count). The molecular formula is C61H113NO8P+. The van der Waals surface area contributed by atoms with Crippen LogP contribution in [0.3, 0.4) is 0 Å². The first kappa shape index (κ1) is 68.7. The van der Waals surface area contributed by atoms with Gasteiger partial charge in [0.25, 0.3) is 0 Å². The number of likely N-dealkylation sites (N-methyl/N-ethyl adjacent to an activating group) is 1. The van der Waals surface area contributed by atoms with Crippen LogP contribution in [0.25, 0.3) is 0 Å². The van der Waals surface area contributed by atoms with Gasteiger partial charge in [-0.3, -0.25) is 18.6 Å². The third-order valence-corrected chi connectivity index (χ3v) is 13.8. The van der Waals surface area contributed by atoms with Gasteiger partial charge in [-0.25, -0.2) is 4.57 Å². The van der Waals surface area contributed by atoms with Crippen molar-refractivity contribution in [2.24, 2.45) is 0 Å². The number of nitrogens with zero attached hydrogens (tertiary/aromatic N) is 1. The van der Waals surface area contributed by atoms with Crippen molar-refractivity contribution in [2.45, 2.75) is 270 Å². The van der Waals surface area contributed by atoms with Gasteiger partial charge in [0, 0.05) is 12.8 Å². The maximum Gasteiger partial charge on any atom is 0.472 e. The van der Waals surface area contributed by atoms with E-state index in [9.17, 15) is 19.0 Å². The lowest BCUT2D eigenvalue weighted by Gasteiger charge is -2.24. The number of hydrogen-bond acceptors (Lipinski definition) is 7. The minimum Gasteiger partial charge on any atom is -0.462 e. The van der Waals surface area contributed by atoms with Gasteiger partial charge in [0.15, 0.2) is 6.10 Å². The van der Waals surface area contributed by atoms with Gasteiger partial charge in [-0.15, -0.1) is 0 Å². The summed E-state index contributed by atoms with van der Waals surface area (Å²) >= 11 is 0. The molecular weight excluding hydrogens is 906 g/mol. The van der Waals surface area contributed by atoms with E-state index in [1.165, 1.54) is 161 Å². The highest BCUT2D eigenvalue weighted by Gasteiger charge is 2.27. The van der Waals surface area contributed by atoms with Crippen LogP contribution >= 0.6 is 7.82 Å². The summed E-state index contributed by atoms with van der Waals surface area (Å²) in [6.07, 6.45) is 67.1. The number of ether oxygens (including phenoxy) is 2. The van der Waals surface area contributed by atoms with Crippen molar-refractivity contribution >= 4 is 19.8 Å². The van der Waals surface area contributed by atoms with E-state index < -0.39 is 26.5 Å². The SMILES string of the molecule is CC/C=C\C/C=C\C/C=C\C/C=C\C/C=C\CCCCCCCCCCCCCC(=O)OC(COC(=O)CCCCCCCCCCCCCCCCCCCCCC)COP(=O)(O)OCC[N+](C)(C)C. The summed E-state index contributed by atoms with van der Waals surface area (Å²) in [6, 6.07) is 0. The fourth-order valence-corrected chi connectivity index (χ4v) is 9.02. The first-order valence-electron chi connectivity index (χ1n) is 29.5. The van der Waals surface area contributed by atoms with Crippen molar-refractivity contribution < 1.29 is 42.1 Å². The highest BCUT2D eigenvalue weighted by molar-refractivity contribution is 7.47. The van der Waals surface area contributed by atoms with Crippen LogP contribution in [0.15, 0.2) is 60.8 Å². The number of esters is 2. The molecule has 0 amide bonds. The van der Waals surface area contributed by atoms with Crippen LogP contribution in [0.1, 0.15) is 264 Å². The average Bonchev–Trinajstić information content (AvgIpc) is 3.33. The summed E-state index contributed by atoms with van der Waals surface area (Å²) in [6.45, 7) is 4.35. The second-order valence-electron chi connectivity index (χ2n) is 21.0. The van der Waals surface area contributed by atoms with Crippen LogP contribution in [0, 0.1) is 0 Å². The smallest absolute Gasteiger partial charge is 0.462 e. The van der Waals surface area contributed by atoms with E-state index in [1.54, 1.807) is 0 Å². The molecule has 0 radical (unpaired) electrons. The van der Waals surface area contributed by atoms with Gasteiger partial charge in [-0.05, 0) is 57.8 Å². The van der Waals surface area contributed by atoms with Gasteiger partial charge >= 0.3 is 19.8 Å². The molecule has 0 aliphatic heterocycles. The Morgan fingerprint density at radius 3 is 1.20 bits per heavy atom. The lowest BCUT2D eigenvalue weighted by Crippen LogP contribution is -2.37. The molecule has 414 valence electrons. The Morgan fingerprint density at radius 2 is 0.803 bits per heavy atom. The number of rotatable bonds is 54. The van der Waals surface area contributed by atoms with Crippen molar-refractivity contribution in [1.29, 1.82) is 0 Å². The maximum absolute atomic E-state index is 12.8. The first-order chi connectivity index (χ1) is 34.5. The van der Waals surface area contributed by atoms with E-state index in [4.69, 9.17) is 18.5 Å². The minimum atomic E-state index is -4.39. The Labute approximate surface area is 438 Å². The molecule has 0 aliphatic rings. The normalized spacial score (nSPS) is 13.7. The number of phosphoric acid groups is 1.